The molecule has 0 radical (unpaired) electrons. The highest BCUT2D eigenvalue weighted by Crippen LogP contribution is 2.17. The van der Waals surface area contributed by atoms with Crippen molar-refractivity contribution in [3.05, 3.63) is 29.8 Å². The lowest BCUT2D eigenvalue weighted by Gasteiger charge is -2.34. The number of piperazine rings is 1. The average molecular weight is 318 g/mol. The van der Waals surface area contributed by atoms with E-state index in [1.807, 2.05) is 38.1 Å². The van der Waals surface area contributed by atoms with E-state index < -0.39 is 0 Å². The minimum absolute atomic E-state index is 0.00275. The van der Waals surface area contributed by atoms with Crippen LogP contribution in [-0.4, -0.2) is 62.5 Å². The molecule has 6 nitrogen and oxygen atoms in total. The van der Waals surface area contributed by atoms with Crippen molar-refractivity contribution in [2.75, 3.05) is 44.7 Å². The molecule has 1 aromatic rings. The Balaban J connectivity index is 1.86. The number of nitrogens with zero attached hydrogens (tertiary/aromatic N) is 2. The third kappa shape index (κ3) is 5.25. The first-order valence-corrected chi connectivity index (χ1v) is 8.07. The maximum atomic E-state index is 12.1. The van der Waals surface area contributed by atoms with Gasteiger partial charge in [0.25, 0.3) is 5.91 Å². The Morgan fingerprint density at radius 2 is 1.70 bits per heavy atom. The van der Waals surface area contributed by atoms with Crippen molar-refractivity contribution in [3.8, 4) is 0 Å². The lowest BCUT2D eigenvalue weighted by Crippen LogP contribution is -2.44. The van der Waals surface area contributed by atoms with Crippen molar-refractivity contribution >= 4 is 17.5 Å². The molecule has 1 fully saturated rings. The molecule has 0 saturated carbocycles. The summed E-state index contributed by atoms with van der Waals surface area (Å²) in [6.45, 7) is 7.86. The zero-order chi connectivity index (χ0) is 16.8. The molecular weight excluding hydrogens is 292 g/mol. The van der Waals surface area contributed by atoms with Crippen molar-refractivity contribution < 1.29 is 9.59 Å². The van der Waals surface area contributed by atoms with Crippen LogP contribution in [0.15, 0.2) is 24.3 Å². The topological polar surface area (TPSA) is 64.7 Å². The molecule has 2 rings (SSSR count). The fourth-order valence-electron chi connectivity index (χ4n) is 2.52. The lowest BCUT2D eigenvalue weighted by molar-refractivity contribution is -0.120. The number of carbonyl (C=O) groups excluding carboxylic acids is 2. The zero-order valence-corrected chi connectivity index (χ0v) is 14.1. The highest BCUT2D eigenvalue weighted by atomic mass is 16.2. The first kappa shape index (κ1) is 17.3. The van der Waals surface area contributed by atoms with Gasteiger partial charge in [-0.2, -0.15) is 0 Å². The van der Waals surface area contributed by atoms with Crippen LogP contribution in [0.1, 0.15) is 24.2 Å². The van der Waals surface area contributed by atoms with Gasteiger partial charge in [0.05, 0.1) is 6.54 Å². The van der Waals surface area contributed by atoms with Gasteiger partial charge >= 0.3 is 0 Å². The molecule has 23 heavy (non-hydrogen) atoms. The van der Waals surface area contributed by atoms with Gasteiger partial charge < -0.3 is 20.4 Å². The minimum atomic E-state index is -0.228. The molecule has 1 heterocycles. The van der Waals surface area contributed by atoms with Crippen LogP contribution >= 0.6 is 0 Å². The van der Waals surface area contributed by atoms with Crippen LogP contribution in [-0.2, 0) is 4.79 Å². The summed E-state index contributed by atoms with van der Waals surface area (Å²) in [5, 5.41) is 5.38. The van der Waals surface area contributed by atoms with Crippen LogP contribution in [0.2, 0.25) is 0 Å². The molecule has 1 saturated heterocycles. The summed E-state index contributed by atoms with van der Waals surface area (Å²) in [7, 11) is 2.13. The maximum absolute atomic E-state index is 12.1. The number of likely N-dealkylation sites (N-methyl/N-ethyl adjacent to an activating group) is 1. The van der Waals surface area contributed by atoms with Crippen molar-refractivity contribution in [3.63, 3.8) is 0 Å². The van der Waals surface area contributed by atoms with E-state index in [1.54, 1.807) is 0 Å². The number of carbonyl (C=O) groups is 2. The monoisotopic (exact) mass is 318 g/mol. The Bertz CT molecular complexity index is 534. The molecule has 0 spiro atoms. The molecule has 2 amide bonds. The van der Waals surface area contributed by atoms with Crippen LogP contribution in [0.5, 0.6) is 0 Å². The minimum Gasteiger partial charge on any atom is -0.369 e. The van der Waals surface area contributed by atoms with E-state index >= 15 is 0 Å². The summed E-state index contributed by atoms with van der Waals surface area (Å²) in [5.41, 5.74) is 1.70. The van der Waals surface area contributed by atoms with Crippen LogP contribution in [0.4, 0.5) is 5.69 Å². The predicted octanol–water partition coefficient (Wildman–Crippen LogP) is 0.693. The van der Waals surface area contributed by atoms with Gasteiger partial charge in [-0.15, -0.1) is 0 Å². The third-order valence-electron chi connectivity index (χ3n) is 3.86. The Morgan fingerprint density at radius 1 is 1.09 bits per heavy atom. The Labute approximate surface area is 137 Å². The van der Waals surface area contributed by atoms with Crippen molar-refractivity contribution in [2.45, 2.75) is 19.9 Å². The van der Waals surface area contributed by atoms with Crippen LogP contribution in [0.25, 0.3) is 0 Å². The van der Waals surface area contributed by atoms with Crippen molar-refractivity contribution in [1.29, 1.82) is 0 Å². The Kier molecular flexibility index (Phi) is 5.98. The number of hydrogen-bond donors (Lipinski definition) is 2. The largest absolute Gasteiger partial charge is 0.369 e. The fraction of sp³-hybridized carbons (Fsp3) is 0.529. The maximum Gasteiger partial charge on any atom is 0.251 e. The highest BCUT2D eigenvalue weighted by molar-refractivity contribution is 5.96. The van der Waals surface area contributed by atoms with E-state index in [-0.39, 0.29) is 24.4 Å². The molecule has 1 aliphatic heterocycles. The van der Waals surface area contributed by atoms with Crippen molar-refractivity contribution in [1.82, 2.24) is 15.5 Å². The van der Waals surface area contributed by atoms with E-state index in [2.05, 4.69) is 27.5 Å². The molecule has 1 aromatic carbocycles. The summed E-state index contributed by atoms with van der Waals surface area (Å²) < 4.78 is 0. The second-order valence-corrected chi connectivity index (χ2v) is 6.24. The average Bonchev–Trinajstić information content (AvgIpc) is 2.53. The molecule has 0 aliphatic carbocycles. The molecule has 0 bridgehead atoms. The number of hydrogen-bond acceptors (Lipinski definition) is 4. The molecular formula is C17H26N4O2. The number of nitrogens with one attached hydrogen (secondary N) is 2. The van der Waals surface area contributed by atoms with Gasteiger partial charge in [0.1, 0.15) is 0 Å². The first-order chi connectivity index (χ1) is 11.0. The molecule has 0 unspecified atom stereocenters. The van der Waals surface area contributed by atoms with E-state index in [0.29, 0.717) is 5.56 Å². The summed E-state index contributed by atoms with van der Waals surface area (Å²) in [6.07, 6.45) is 0. The summed E-state index contributed by atoms with van der Waals surface area (Å²) in [5.74, 6) is -0.406. The Hall–Kier alpha value is -2.08. The highest BCUT2D eigenvalue weighted by Gasteiger charge is 2.15. The summed E-state index contributed by atoms with van der Waals surface area (Å²) in [6, 6.07) is 7.62. The van der Waals surface area contributed by atoms with Crippen LogP contribution in [0.3, 0.4) is 0 Å². The van der Waals surface area contributed by atoms with Gasteiger partial charge in [-0.25, -0.2) is 0 Å². The predicted molar refractivity (Wildman–Crippen MR) is 91.8 cm³/mol. The first-order valence-electron chi connectivity index (χ1n) is 8.07. The van der Waals surface area contributed by atoms with Crippen molar-refractivity contribution in [2.24, 2.45) is 0 Å². The second-order valence-electron chi connectivity index (χ2n) is 6.24. The molecule has 126 valence electrons. The molecule has 0 atom stereocenters. The number of amides is 2. The molecule has 6 heteroatoms. The lowest BCUT2D eigenvalue weighted by atomic mass is 10.1. The summed E-state index contributed by atoms with van der Waals surface area (Å²) >= 11 is 0. The normalized spacial score (nSPS) is 15.6. The van der Waals surface area contributed by atoms with E-state index in [9.17, 15) is 9.59 Å². The number of benzene rings is 1. The SMILES string of the molecule is CC(C)NC(=O)CNC(=O)c1ccc(N2CCN(C)CC2)cc1. The van der Waals surface area contributed by atoms with Crippen LogP contribution < -0.4 is 15.5 Å². The van der Waals surface area contributed by atoms with Gasteiger partial charge in [0, 0.05) is 43.5 Å². The second kappa shape index (κ2) is 7.97. The number of rotatable bonds is 5. The van der Waals surface area contributed by atoms with Gasteiger partial charge in [-0.1, -0.05) is 0 Å². The zero-order valence-electron chi connectivity index (χ0n) is 14.1. The smallest absolute Gasteiger partial charge is 0.251 e. The fourth-order valence-corrected chi connectivity index (χ4v) is 2.52. The molecule has 0 aromatic heterocycles. The van der Waals surface area contributed by atoms with Crippen LogP contribution in [0, 0.1) is 0 Å². The summed E-state index contributed by atoms with van der Waals surface area (Å²) in [4.78, 5) is 28.2. The van der Waals surface area contributed by atoms with Gasteiger partial charge in [-0.3, -0.25) is 9.59 Å². The van der Waals surface area contributed by atoms with E-state index in [0.717, 1.165) is 31.9 Å². The quantitative estimate of drug-likeness (QED) is 0.838. The number of anilines is 1. The standard InChI is InChI=1S/C17H26N4O2/c1-13(2)19-16(22)12-18-17(23)14-4-6-15(7-5-14)21-10-8-20(3)9-11-21/h4-7,13H,8-12H2,1-3H3,(H,18,23)(H,19,22). The molecule has 2 N–H and O–H groups in total. The van der Waals surface area contributed by atoms with E-state index in [4.69, 9.17) is 0 Å². The molecule has 1 aliphatic rings. The van der Waals surface area contributed by atoms with Gasteiger partial charge in [-0.05, 0) is 45.2 Å². The Morgan fingerprint density at radius 3 is 2.26 bits per heavy atom. The third-order valence-corrected chi connectivity index (χ3v) is 3.86. The van der Waals surface area contributed by atoms with Gasteiger partial charge in [0.15, 0.2) is 0 Å². The van der Waals surface area contributed by atoms with Gasteiger partial charge in [0.2, 0.25) is 5.91 Å². The van der Waals surface area contributed by atoms with E-state index in [1.165, 1.54) is 0 Å².